The van der Waals surface area contributed by atoms with Gasteiger partial charge >= 0.3 is 24.7 Å². The fourth-order valence-corrected chi connectivity index (χ4v) is 3.31. The van der Waals surface area contributed by atoms with Gasteiger partial charge in [-0.2, -0.15) is 52.7 Å². The highest BCUT2D eigenvalue weighted by Crippen LogP contribution is 2.72. The molecule has 2 N–H and O–H groups in total. The zero-order chi connectivity index (χ0) is 18.6. The maximum Gasteiger partial charge on any atom is 0.430 e. The molecule has 0 radical (unpaired) electrons. The van der Waals surface area contributed by atoms with Gasteiger partial charge in [0.05, 0.1) is 0 Å². The van der Waals surface area contributed by atoms with Crippen LogP contribution in [0.1, 0.15) is 0 Å². The van der Waals surface area contributed by atoms with E-state index in [4.69, 9.17) is 10.2 Å². The molecule has 0 unspecified atom stereocenters. The normalized spacial score (nSPS) is 16.4. The zero-order valence-electron chi connectivity index (χ0n) is 9.88. The van der Waals surface area contributed by atoms with Crippen molar-refractivity contribution in [3.63, 3.8) is 0 Å². The van der Waals surface area contributed by atoms with Crippen LogP contribution in [0.5, 0.6) is 0 Å². The van der Waals surface area contributed by atoms with Crippen molar-refractivity contribution >= 4 is 7.92 Å². The lowest BCUT2D eigenvalue weighted by Crippen LogP contribution is -2.64. The van der Waals surface area contributed by atoms with Crippen LogP contribution in [0.25, 0.3) is 0 Å². The largest absolute Gasteiger partial charge is 0.430 e. The first-order valence-corrected chi connectivity index (χ1v) is 6.40. The minimum absolute atomic E-state index is 0.794. The van der Waals surface area contributed by atoms with Gasteiger partial charge in [0.15, 0.2) is 0 Å². The van der Waals surface area contributed by atoms with Crippen LogP contribution in [0.2, 0.25) is 0 Å². The molecule has 0 aromatic carbocycles. The standard InChI is InChI=1S/C7H5F12O2P/c1-22(2(20,4(8,9)10)5(11,12)13)3(21,6(14,15)16)7(17,18)19/h20-21H,1H3. The maximum absolute atomic E-state index is 12.4. The minimum Gasteiger partial charge on any atom is -0.370 e. The molecule has 0 bridgehead atoms. The molecular weight excluding hydrogens is 375 g/mol. The first-order chi connectivity index (χ1) is 9.15. The second-order valence-electron chi connectivity index (χ2n) is 3.89. The van der Waals surface area contributed by atoms with Gasteiger partial charge in [-0.3, -0.25) is 0 Å². The Bertz CT molecular complexity index is 338. The number of halogens is 12. The van der Waals surface area contributed by atoms with Gasteiger partial charge in [0, 0.05) is 0 Å². The molecular formula is C7H5F12O2P. The molecule has 0 aliphatic carbocycles. The van der Waals surface area contributed by atoms with Gasteiger partial charge in [-0.1, -0.05) is 0 Å². The van der Waals surface area contributed by atoms with Crippen LogP contribution < -0.4 is 0 Å². The van der Waals surface area contributed by atoms with Crippen molar-refractivity contribution in [2.24, 2.45) is 0 Å². The quantitative estimate of drug-likeness (QED) is 0.567. The average molecular weight is 380 g/mol. The fraction of sp³-hybridized carbons (Fsp3) is 1.00. The summed E-state index contributed by atoms with van der Waals surface area (Å²) in [6, 6.07) is 0. The third-order valence-electron chi connectivity index (χ3n) is 2.55. The number of alkyl halides is 12. The summed E-state index contributed by atoms with van der Waals surface area (Å²) < 4.78 is 148. The summed E-state index contributed by atoms with van der Waals surface area (Å²) in [6.45, 7) is -0.794. The predicted molar refractivity (Wildman–Crippen MR) is 47.0 cm³/mol. The number of hydrogen-bond donors (Lipinski definition) is 2. The summed E-state index contributed by atoms with van der Waals surface area (Å²) in [5.74, 6) is 0. The van der Waals surface area contributed by atoms with Crippen molar-refractivity contribution in [1.29, 1.82) is 0 Å². The minimum atomic E-state index is -6.95. The van der Waals surface area contributed by atoms with Gasteiger partial charge in [-0.25, -0.2) is 0 Å². The Morgan fingerprint density at radius 3 is 0.727 bits per heavy atom. The van der Waals surface area contributed by atoms with E-state index in [1.807, 2.05) is 0 Å². The van der Waals surface area contributed by atoms with E-state index < -0.39 is 50.0 Å². The highest BCUT2D eigenvalue weighted by molar-refractivity contribution is 7.60. The van der Waals surface area contributed by atoms with Crippen LogP contribution in [-0.4, -0.2) is 52.3 Å². The Morgan fingerprint density at radius 1 is 0.500 bits per heavy atom. The number of aliphatic hydroxyl groups is 2. The lowest BCUT2D eigenvalue weighted by molar-refractivity contribution is -0.349. The Balaban J connectivity index is 6.54. The summed E-state index contributed by atoms with van der Waals surface area (Å²) in [7, 11) is -5.61. The average Bonchev–Trinajstić information content (AvgIpc) is 2.19. The van der Waals surface area contributed by atoms with E-state index in [0.717, 1.165) is 0 Å². The molecule has 134 valence electrons. The van der Waals surface area contributed by atoms with Gasteiger partial charge < -0.3 is 10.2 Å². The van der Waals surface area contributed by atoms with Crippen molar-refractivity contribution < 1.29 is 62.9 Å². The molecule has 0 aromatic heterocycles. The van der Waals surface area contributed by atoms with Crippen molar-refractivity contribution in [3.8, 4) is 0 Å². The number of hydrogen-bond acceptors (Lipinski definition) is 2. The van der Waals surface area contributed by atoms with Crippen molar-refractivity contribution in [2.45, 2.75) is 35.4 Å². The van der Waals surface area contributed by atoms with Crippen molar-refractivity contribution in [3.05, 3.63) is 0 Å². The van der Waals surface area contributed by atoms with E-state index in [0.29, 0.717) is 0 Å². The fourth-order valence-electron chi connectivity index (χ4n) is 1.32. The Hall–Kier alpha value is -0.490. The van der Waals surface area contributed by atoms with Crippen LogP contribution in [0.15, 0.2) is 0 Å². The molecule has 0 atom stereocenters. The molecule has 0 heterocycles. The van der Waals surface area contributed by atoms with Gasteiger partial charge in [0.1, 0.15) is 0 Å². The second-order valence-corrected chi connectivity index (χ2v) is 6.31. The third kappa shape index (κ3) is 2.96. The summed E-state index contributed by atoms with van der Waals surface area (Å²) >= 11 is 0. The van der Waals surface area contributed by atoms with E-state index in [1.165, 1.54) is 0 Å². The first kappa shape index (κ1) is 21.5. The van der Waals surface area contributed by atoms with Crippen molar-refractivity contribution in [1.82, 2.24) is 0 Å². The monoisotopic (exact) mass is 380 g/mol. The highest BCUT2D eigenvalue weighted by atomic mass is 31.1. The van der Waals surface area contributed by atoms with Gasteiger partial charge in [-0.05, 0) is 14.6 Å². The van der Waals surface area contributed by atoms with E-state index in [1.54, 1.807) is 0 Å². The summed E-state index contributed by atoms with van der Waals surface area (Å²) in [6.07, 6.45) is -27.8. The maximum atomic E-state index is 12.4. The smallest absolute Gasteiger partial charge is 0.370 e. The van der Waals surface area contributed by atoms with Crippen LogP contribution in [-0.2, 0) is 0 Å². The molecule has 0 fully saturated rings. The van der Waals surface area contributed by atoms with E-state index in [9.17, 15) is 52.7 Å². The predicted octanol–water partition coefficient (Wildman–Crippen LogP) is 3.72. The molecule has 0 amide bonds. The number of rotatable bonds is 2. The highest BCUT2D eigenvalue weighted by Gasteiger charge is 2.84. The molecule has 2 nitrogen and oxygen atoms in total. The van der Waals surface area contributed by atoms with Crippen LogP contribution in [0.3, 0.4) is 0 Å². The Morgan fingerprint density at radius 2 is 0.636 bits per heavy atom. The first-order valence-electron chi connectivity index (χ1n) is 4.61. The molecule has 0 aliphatic rings. The topological polar surface area (TPSA) is 40.5 Å². The SMILES string of the molecule is CP(C(O)(C(F)(F)F)C(F)(F)F)C(O)(C(F)(F)F)C(F)(F)F. The van der Waals surface area contributed by atoms with E-state index in [2.05, 4.69) is 0 Å². The molecule has 15 heteroatoms. The molecule has 22 heavy (non-hydrogen) atoms. The molecule has 0 rings (SSSR count). The molecule has 0 saturated carbocycles. The summed E-state index contributed by atoms with van der Waals surface area (Å²) in [4.78, 5) is 0. The molecule has 0 aliphatic heterocycles. The Labute approximate surface area is 114 Å². The van der Waals surface area contributed by atoms with Crippen molar-refractivity contribution in [2.75, 3.05) is 6.66 Å². The summed E-state index contributed by atoms with van der Waals surface area (Å²) in [5.41, 5.74) is 0. The molecule has 0 saturated heterocycles. The van der Waals surface area contributed by atoms with Gasteiger partial charge in [0.25, 0.3) is 10.7 Å². The van der Waals surface area contributed by atoms with Gasteiger partial charge in [-0.15, -0.1) is 0 Å². The summed E-state index contributed by atoms with van der Waals surface area (Å²) in [5, 5.41) is 4.48. The van der Waals surface area contributed by atoms with E-state index in [-0.39, 0.29) is 0 Å². The lowest BCUT2D eigenvalue weighted by atomic mass is 10.3. The molecule has 0 aromatic rings. The van der Waals surface area contributed by atoms with Gasteiger partial charge in [0.2, 0.25) is 0 Å². The lowest BCUT2D eigenvalue weighted by Gasteiger charge is -2.45. The van der Waals surface area contributed by atoms with Crippen LogP contribution in [0.4, 0.5) is 52.7 Å². The van der Waals surface area contributed by atoms with Crippen LogP contribution in [0, 0.1) is 0 Å². The second kappa shape index (κ2) is 5.26. The Kier molecular flexibility index (Phi) is 5.15. The van der Waals surface area contributed by atoms with Crippen LogP contribution >= 0.6 is 7.92 Å². The molecule has 0 spiro atoms. The third-order valence-corrected chi connectivity index (χ3v) is 5.51. The zero-order valence-corrected chi connectivity index (χ0v) is 10.8. The van der Waals surface area contributed by atoms with E-state index >= 15 is 0 Å².